The Balaban J connectivity index is 1.74. The van der Waals surface area contributed by atoms with E-state index in [1.165, 1.54) is 24.8 Å². The summed E-state index contributed by atoms with van der Waals surface area (Å²) in [6.07, 6.45) is 5.08. The number of benzene rings is 1. The highest BCUT2D eigenvalue weighted by atomic mass is 79.9. The van der Waals surface area contributed by atoms with Gasteiger partial charge in [0.25, 0.3) is 0 Å². The monoisotopic (exact) mass is 337 g/mol. The van der Waals surface area contributed by atoms with Crippen molar-refractivity contribution < 1.29 is 4.74 Å². The molecule has 0 aromatic heterocycles. The average molecular weight is 338 g/mol. The van der Waals surface area contributed by atoms with Crippen LogP contribution in [0.4, 0.5) is 0 Å². The lowest BCUT2D eigenvalue weighted by Crippen LogP contribution is -2.40. The number of hydrogen-bond acceptors (Lipinski definition) is 2. The Morgan fingerprint density at radius 1 is 1.15 bits per heavy atom. The molecule has 0 bridgehead atoms. The molecule has 20 heavy (non-hydrogen) atoms. The van der Waals surface area contributed by atoms with Gasteiger partial charge in [-0.1, -0.05) is 29.8 Å². The molecule has 3 unspecified atom stereocenters. The fourth-order valence-electron chi connectivity index (χ4n) is 3.91. The highest BCUT2D eigenvalue weighted by Crippen LogP contribution is 2.36. The molecule has 1 aromatic rings. The quantitative estimate of drug-likeness (QED) is 0.845. The van der Waals surface area contributed by atoms with Crippen molar-refractivity contribution >= 4 is 15.9 Å². The minimum atomic E-state index is 0.443. The first-order valence-electron chi connectivity index (χ1n) is 7.80. The van der Waals surface area contributed by atoms with Crippen LogP contribution in [0.1, 0.15) is 51.1 Å². The minimum absolute atomic E-state index is 0.443. The lowest BCUT2D eigenvalue weighted by atomic mass is 9.80. The summed E-state index contributed by atoms with van der Waals surface area (Å²) in [5.41, 5.74) is 1.32. The Hall–Kier alpha value is -0.540. The third-order valence-electron chi connectivity index (χ3n) is 4.63. The van der Waals surface area contributed by atoms with Crippen LogP contribution in [0.3, 0.4) is 0 Å². The van der Waals surface area contributed by atoms with Crippen molar-refractivity contribution in [3.05, 3.63) is 28.2 Å². The fraction of sp³-hybridized carbons (Fsp3) is 0.647. The molecule has 1 saturated carbocycles. The number of rotatable bonds is 2. The Morgan fingerprint density at radius 3 is 2.65 bits per heavy atom. The van der Waals surface area contributed by atoms with Crippen LogP contribution in [0.5, 0.6) is 5.75 Å². The zero-order valence-corrected chi connectivity index (χ0v) is 13.9. The van der Waals surface area contributed by atoms with E-state index in [-0.39, 0.29) is 0 Å². The Bertz CT molecular complexity index is 466. The van der Waals surface area contributed by atoms with Crippen molar-refractivity contribution in [2.24, 2.45) is 11.8 Å². The Labute approximate surface area is 130 Å². The van der Waals surface area contributed by atoms with Crippen LogP contribution in [0.2, 0.25) is 0 Å². The third kappa shape index (κ3) is 3.20. The molecule has 110 valence electrons. The molecule has 2 nitrogen and oxygen atoms in total. The first-order valence-corrected chi connectivity index (χ1v) is 8.59. The molecule has 3 rings (SSSR count). The third-order valence-corrected chi connectivity index (χ3v) is 5.12. The number of halogens is 1. The highest BCUT2D eigenvalue weighted by molar-refractivity contribution is 9.10. The van der Waals surface area contributed by atoms with Crippen molar-refractivity contribution in [3.63, 3.8) is 0 Å². The summed E-state index contributed by atoms with van der Waals surface area (Å²) in [5, 5.41) is 3.90. The van der Waals surface area contributed by atoms with Crippen molar-refractivity contribution in [2.75, 3.05) is 6.61 Å². The number of ether oxygens (including phenoxy) is 1. The molecule has 3 heteroatoms. The molecule has 1 fully saturated rings. The van der Waals surface area contributed by atoms with Gasteiger partial charge in [0.1, 0.15) is 5.75 Å². The van der Waals surface area contributed by atoms with Crippen LogP contribution in [0.15, 0.2) is 22.7 Å². The van der Waals surface area contributed by atoms with E-state index >= 15 is 0 Å². The second-order valence-electron chi connectivity index (χ2n) is 6.65. The molecular formula is C17H24BrNO. The predicted octanol–water partition coefficient (Wildman–Crippen LogP) is 4.69. The van der Waals surface area contributed by atoms with Crippen molar-refractivity contribution in [1.29, 1.82) is 0 Å². The molecule has 1 N–H and O–H groups in total. The van der Waals surface area contributed by atoms with Gasteiger partial charge in [-0.3, -0.25) is 0 Å². The molecule has 0 amide bonds. The van der Waals surface area contributed by atoms with Gasteiger partial charge >= 0.3 is 0 Å². The van der Waals surface area contributed by atoms with Crippen molar-refractivity contribution in [3.8, 4) is 5.75 Å². The predicted molar refractivity (Wildman–Crippen MR) is 86.1 cm³/mol. The second kappa shape index (κ2) is 6.07. The van der Waals surface area contributed by atoms with Crippen LogP contribution in [-0.4, -0.2) is 12.6 Å². The first kappa shape index (κ1) is 14.4. The number of nitrogens with one attached hydrogen (secondary N) is 1. The van der Waals surface area contributed by atoms with Crippen LogP contribution in [0.25, 0.3) is 0 Å². The SMILES string of the molecule is CC1CC(C)CC(NC2CCOc3ccc(Br)cc32)C1. The summed E-state index contributed by atoms with van der Waals surface area (Å²) in [6, 6.07) is 7.45. The molecule has 0 radical (unpaired) electrons. The largest absolute Gasteiger partial charge is 0.493 e. The van der Waals surface area contributed by atoms with Gasteiger partial charge in [-0.05, 0) is 49.3 Å². The summed E-state index contributed by atoms with van der Waals surface area (Å²) in [7, 11) is 0. The molecule has 0 spiro atoms. The number of fused-ring (bicyclic) bond motifs is 1. The maximum Gasteiger partial charge on any atom is 0.124 e. The molecule has 1 aliphatic heterocycles. The smallest absolute Gasteiger partial charge is 0.124 e. The van der Waals surface area contributed by atoms with Crippen LogP contribution in [0, 0.1) is 11.8 Å². The van der Waals surface area contributed by atoms with Gasteiger partial charge in [0.05, 0.1) is 6.61 Å². The van der Waals surface area contributed by atoms with Gasteiger partial charge in [0.2, 0.25) is 0 Å². The zero-order chi connectivity index (χ0) is 14.1. The molecule has 1 aromatic carbocycles. The van der Waals surface area contributed by atoms with E-state index in [1.807, 2.05) is 0 Å². The van der Waals surface area contributed by atoms with E-state index in [1.54, 1.807) is 0 Å². The summed E-state index contributed by atoms with van der Waals surface area (Å²) in [6.45, 7) is 5.60. The molecule has 1 heterocycles. The van der Waals surface area contributed by atoms with E-state index in [0.717, 1.165) is 35.1 Å². The van der Waals surface area contributed by atoms with E-state index in [0.29, 0.717) is 12.1 Å². The molecule has 2 aliphatic rings. The molecular weight excluding hydrogens is 314 g/mol. The van der Waals surface area contributed by atoms with Crippen LogP contribution in [-0.2, 0) is 0 Å². The summed E-state index contributed by atoms with van der Waals surface area (Å²) in [4.78, 5) is 0. The van der Waals surface area contributed by atoms with Gasteiger partial charge < -0.3 is 10.1 Å². The Kier molecular flexibility index (Phi) is 4.37. The Morgan fingerprint density at radius 2 is 1.90 bits per heavy atom. The molecule has 3 atom stereocenters. The average Bonchev–Trinajstić information content (AvgIpc) is 2.38. The van der Waals surface area contributed by atoms with E-state index in [4.69, 9.17) is 4.74 Å². The molecule has 0 saturated heterocycles. The summed E-state index contributed by atoms with van der Waals surface area (Å²) in [5.74, 6) is 2.74. The highest BCUT2D eigenvalue weighted by Gasteiger charge is 2.28. The first-order chi connectivity index (χ1) is 9.61. The topological polar surface area (TPSA) is 21.3 Å². The summed E-state index contributed by atoms with van der Waals surface area (Å²) < 4.78 is 6.92. The lowest BCUT2D eigenvalue weighted by Gasteiger charge is -2.36. The van der Waals surface area contributed by atoms with E-state index in [9.17, 15) is 0 Å². The summed E-state index contributed by atoms with van der Waals surface area (Å²) >= 11 is 3.58. The zero-order valence-electron chi connectivity index (χ0n) is 12.4. The lowest BCUT2D eigenvalue weighted by molar-refractivity contribution is 0.197. The minimum Gasteiger partial charge on any atom is -0.493 e. The maximum absolute atomic E-state index is 5.78. The van der Waals surface area contributed by atoms with E-state index < -0.39 is 0 Å². The van der Waals surface area contributed by atoms with Gasteiger partial charge in [-0.2, -0.15) is 0 Å². The van der Waals surface area contributed by atoms with Gasteiger partial charge in [0, 0.05) is 28.5 Å². The van der Waals surface area contributed by atoms with Crippen molar-refractivity contribution in [2.45, 2.75) is 51.6 Å². The fourth-order valence-corrected chi connectivity index (χ4v) is 4.28. The standard InChI is InChI=1S/C17H24BrNO/c1-11-7-12(2)9-14(8-11)19-16-5-6-20-17-4-3-13(18)10-15(16)17/h3-4,10-12,14,16,19H,5-9H2,1-2H3. The maximum atomic E-state index is 5.78. The van der Waals surface area contributed by atoms with Gasteiger partial charge in [-0.15, -0.1) is 0 Å². The van der Waals surface area contributed by atoms with E-state index in [2.05, 4.69) is 53.3 Å². The van der Waals surface area contributed by atoms with Crippen molar-refractivity contribution in [1.82, 2.24) is 5.32 Å². The molecule has 1 aliphatic carbocycles. The van der Waals surface area contributed by atoms with Crippen LogP contribution >= 0.6 is 15.9 Å². The number of hydrogen-bond donors (Lipinski definition) is 1. The van der Waals surface area contributed by atoms with Gasteiger partial charge in [-0.25, -0.2) is 0 Å². The second-order valence-corrected chi connectivity index (χ2v) is 7.57. The normalized spacial score (nSPS) is 33.4. The van der Waals surface area contributed by atoms with Crippen LogP contribution < -0.4 is 10.1 Å². The van der Waals surface area contributed by atoms with Gasteiger partial charge in [0.15, 0.2) is 0 Å².